The molecule has 1 nitrogen and oxygen atoms in total. The van der Waals surface area contributed by atoms with Gasteiger partial charge >= 0.3 is 0 Å². The smallest absolute Gasteiger partial charge is 0.0656 e. The highest BCUT2D eigenvalue weighted by molar-refractivity contribution is 4.94. The summed E-state index contributed by atoms with van der Waals surface area (Å²) in [6.45, 7) is 9.61. The predicted octanol–water partition coefficient (Wildman–Crippen LogP) is 3.06. The molecule has 0 aromatic carbocycles. The lowest BCUT2D eigenvalue weighted by Crippen LogP contribution is -2.22. The van der Waals surface area contributed by atoms with Crippen LogP contribution in [0.1, 0.15) is 40.0 Å². The molecule has 0 saturated carbocycles. The molecule has 0 saturated heterocycles. The summed E-state index contributed by atoms with van der Waals surface area (Å²) < 4.78 is 0. The maximum absolute atomic E-state index is 9.73. The highest BCUT2D eigenvalue weighted by atomic mass is 16.3. The molecule has 0 aliphatic rings. The van der Waals surface area contributed by atoms with Crippen molar-refractivity contribution in [3.8, 4) is 0 Å². The number of hydrogen-bond acceptors (Lipinski definition) is 1. The topological polar surface area (TPSA) is 20.2 Å². The first kappa shape index (κ1) is 11.4. The summed E-state index contributed by atoms with van der Waals surface area (Å²) in [5.41, 5.74) is 0.734. The van der Waals surface area contributed by atoms with Crippen molar-refractivity contribution in [3.05, 3.63) is 24.3 Å². The normalized spacial score (nSPS) is 15.0. The molecule has 1 atom stereocenters. The first-order chi connectivity index (χ1) is 5.48. The second-order valence-corrected chi connectivity index (χ2v) is 3.81. The Morgan fingerprint density at radius 3 is 2.50 bits per heavy atom. The van der Waals surface area contributed by atoms with Gasteiger partial charge in [-0.1, -0.05) is 17.7 Å². The van der Waals surface area contributed by atoms with Crippen LogP contribution in [0.4, 0.5) is 0 Å². The summed E-state index contributed by atoms with van der Waals surface area (Å²) in [7, 11) is 0. The van der Waals surface area contributed by atoms with Crippen LogP contribution < -0.4 is 0 Å². The van der Waals surface area contributed by atoms with Crippen LogP contribution in [0, 0.1) is 0 Å². The van der Waals surface area contributed by atoms with E-state index >= 15 is 0 Å². The molecule has 0 aliphatic carbocycles. The fraction of sp³-hybridized carbons (Fsp3) is 0.636. The molecule has 0 rings (SSSR count). The van der Waals surface area contributed by atoms with Crippen molar-refractivity contribution in [2.45, 2.75) is 45.6 Å². The average Bonchev–Trinajstić information content (AvgIpc) is 1.85. The van der Waals surface area contributed by atoms with Crippen LogP contribution in [-0.4, -0.2) is 10.7 Å². The Morgan fingerprint density at radius 2 is 2.08 bits per heavy atom. The number of rotatable bonds is 5. The predicted molar refractivity (Wildman–Crippen MR) is 54.1 cm³/mol. The van der Waals surface area contributed by atoms with Gasteiger partial charge in [0.2, 0.25) is 0 Å². The van der Waals surface area contributed by atoms with Gasteiger partial charge in [-0.05, 0) is 40.0 Å². The highest BCUT2D eigenvalue weighted by Gasteiger charge is 2.16. The van der Waals surface area contributed by atoms with Crippen molar-refractivity contribution in [1.82, 2.24) is 0 Å². The number of hydrogen-bond donors (Lipinski definition) is 1. The Kier molecular flexibility index (Phi) is 4.91. The van der Waals surface area contributed by atoms with Gasteiger partial charge in [0.25, 0.3) is 0 Å². The maximum atomic E-state index is 9.73. The summed E-state index contributed by atoms with van der Waals surface area (Å²) in [5, 5.41) is 9.73. The van der Waals surface area contributed by atoms with Crippen molar-refractivity contribution in [2.24, 2.45) is 0 Å². The lowest BCUT2D eigenvalue weighted by Gasteiger charge is -2.20. The molecular weight excluding hydrogens is 148 g/mol. The van der Waals surface area contributed by atoms with E-state index in [4.69, 9.17) is 0 Å². The van der Waals surface area contributed by atoms with Gasteiger partial charge in [0, 0.05) is 0 Å². The third-order valence-corrected chi connectivity index (χ3v) is 1.82. The van der Waals surface area contributed by atoms with Crippen LogP contribution in [0.2, 0.25) is 0 Å². The van der Waals surface area contributed by atoms with Gasteiger partial charge in [-0.15, -0.1) is 6.58 Å². The van der Waals surface area contributed by atoms with Gasteiger partial charge < -0.3 is 5.11 Å². The quantitative estimate of drug-likeness (QED) is 0.625. The van der Waals surface area contributed by atoms with E-state index in [9.17, 15) is 5.11 Å². The molecule has 0 aromatic rings. The molecule has 0 bridgehead atoms. The lowest BCUT2D eigenvalue weighted by atomic mass is 9.96. The van der Waals surface area contributed by atoms with Gasteiger partial charge in [-0.2, -0.15) is 0 Å². The average molecular weight is 168 g/mol. The standard InChI is InChI=1S/C11H20O/c1-5-8-11(4,12)9-6-7-10(2)3/h5,7,12H,1,6,8-9H2,2-4H3. The van der Waals surface area contributed by atoms with Crippen molar-refractivity contribution in [3.63, 3.8) is 0 Å². The monoisotopic (exact) mass is 168 g/mol. The van der Waals surface area contributed by atoms with Crippen LogP contribution in [0.5, 0.6) is 0 Å². The lowest BCUT2D eigenvalue weighted by molar-refractivity contribution is 0.0551. The SMILES string of the molecule is C=CCC(C)(O)CCC=C(C)C. The molecule has 1 N–H and O–H groups in total. The van der Waals surface area contributed by atoms with E-state index < -0.39 is 5.60 Å². The third-order valence-electron chi connectivity index (χ3n) is 1.82. The van der Waals surface area contributed by atoms with Crippen LogP contribution in [-0.2, 0) is 0 Å². The minimum Gasteiger partial charge on any atom is -0.390 e. The minimum absolute atomic E-state index is 0.576. The largest absolute Gasteiger partial charge is 0.390 e. The van der Waals surface area contributed by atoms with Gasteiger partial charge in [-0.3, -0.25) is 0 Å². The molecule has 0 aromatic heterocycles. The first-order valence-corrected chi connectivity index (χ1v) is 4.44. The van der Waals surface area contributed by atoms with E-state index in [0.717, 1.165) is 12.8 Å². The van der Waals surface area contributed by atoms with Gasteiger partial charge in [0.1, 0.15) is 0 Å². The van der Waals surface area contributed by atoms with E-state index in [1.165, 1.54) is 5.57 Å². The van der Waals surface area contributed by atoms with E-state index in [1.54, 1.807) is 6.08 Å². The van der Waals surface area contributed by atoms with E-state index in [0.29, 0.717) is 6.42 Å². The first-order valence-electron chi connectivity index (χ1n) is 4.44. The van der Waals surface area contributed by atoms with Crippen molar-refractivity contribution in [2.75, 3.05) is 0 Å². The van der Waals surface area contributed by atoms with Crippen LogP contribution in [0.3, 0.4) is 0 Å². The van der Waals surface area contributed by atoms with Gasteiger partial charge in [0.15, 0.2) is 0 Å². The molecule has 70 valence electrons. The van der Waals surface area contributed by atoms with Gasteiger partial charge in [0.05, 0.1) is 5.60 Å². The van der Waals surface area contributed by atoms with Crippen LogP contribution in [0.25, 0.3) is 0 Å². The maximum Gasteiger partial charge on any atom is 0.0656 e. The van der Waals surface area contributed by atoms with Gasteiger partial charge in [-0.25, -0.2) is 0 Å². The molecule has 0 aliphatic heterocycles. The van der Waals surface area contributed by atoms with Crippen LogP contribution in [0.15, 0.2) is 24.3 Å². The molecule has 12 heavy (non-hydrogen) atoms. The van der Waals surface area contributed by atoms with E-state index in [1.807, 2.05) is 6.92 Å². The van der Waals surface area contributed by atoms with Crippen LogP contribution >= 0.6 is 0 Å². The Hall–Kier alpha value is -0.560. The summed E-state index contributed by atoms with van der Waals surface area (Å²) in [5.74, 6) is 0. The Balaban J connectivity index is 3.75. The number of allylic oxidation sites excluding steroid dienone is 2. The van der Waals surface area contributed by atoms with Crippen molar-refractivity contribution in [1.29, 1.82) is 0 Å². The molecule has 0 heterocycles. The van der Waals surface area contributed by atoms with E-state index in [-0.39, 0.29) is 0 Å². The molecule has 0 fully saturated rings. The zero-order valence-corrected chi connectivity index (χ0v) is 8.43. The van der Waals surface area contributed by atoms with Crippen molar-refractivity contribution >= 4 is 0 Å². The second-order valence-electron chi connectivity index (χ2n) is 3.81. The second kappa shape index (κ2) is 5.15. The summed E-state index contributed by atoms with van der Waals surface area (Å²) >= 11 is 0. The fourth-order valence-corrected chi connectivity index (χ4v) is 1.08. The summed E-state index contributed by atoms with van der Waals surface area (Å²) in [6.07, 6.45) is 6.34. The highest BCUT2D eigenvalue weighted by Crippen LogP contribution is 2.17. The Morgan fingerprint density at radius 1 is 1.50 bits per heavy atom. The molecular formula is C11H20O. The Bertz CT molecular complexity index is 162. The third kappa shape index (κ3) is 6.17. The summed E-state index contributed by atoms with van der Waals surface area (Å²) in [6, 6.07) is 0. The number of aliphatic hydroxyl groups is 1. The summed E-state index contributed by atoms with van der Waals surface area (Å²) in [4.78, 5) is 0. The molecule has 0 amide bonds. The fourth-order valence-electron chi connectivity index (χ4n) is 1.08. The molecule has 0 spiro atoms. The Labute approximate surface area is 75.8 Å². The molecule has 1 heteroatoms. The van der Waals surface area contributed by atoms with E-state index in [2.05, 4.69) is 26.5 Å². The molecule has 0 radical (unpaired) electrons. The molecule has 1 unspecified atom stereocenters. The minimum atomic E-state index is -0.576. The zero-order valence-electron chi connectivity index (χ0n) is 8.43. The van der Waals surface area contributed by atoms with Crippen molar-refractivity contribution < 1.29 is 5.11 Å². The zero-order chi connectivity index (χ0) is 9.61.